The van der Waals surface area contributed by atoms with E-state index < -0.39 is 0 Å². The second kappa shape index (κ2) is 6.98. The summed E-state index contributed by atoms with van der Waals surface area (Å²) in [5, 5.41) is 5.98. The number of carbonyl (C=O) groups is 1. The molecule has 25 heavy (non-hydrogen) atoms. The van der Waals surface area contributed by atoms with Crippen LogP contribution in [0.2, 0.25) is 0 Å². The van der Waals surface area contributed by atoms with Crippen molar-refractivity contribution in [3.05, 3.63) is 52.2 Å². The molecule has 3 aromatic rings. The monoisotopic (exact) mass is 355 g/mol. The van der Waals surface area contributed by atoms with Gasteiger partial charge >= 0.3 is 0 Å². The van der Waals surface area contributed by atoms with E-state index in [4.69, 9.17) is 4.74 Å². The molecule has 0 bridgehead atoms. The van der Waals surface area contributed by atoms with Crippen LogP contribution in [-0.4, -0.2) is 28.5 Å². The van der Waals surface area contributed by atoms with Crippen molar-refractivity contribution in [2.45, 2.75) is 32.2 Å². The van der Waals surface area contributed by atoms with Gasteiger partial charge < -0.3 is 15.0 Å². The number of hydrogen-bond acceptors (Lipinski definition) is 4. The zero-order chi connectivity index (χ0) is 17.2. The van der Waals surface area contributed by atoms with Gasteiger partial charge in [0.2, 0.25) is 0 Å². The summed E-state index contributed by atoms with van der Waals surface area (Å²) in [6.07, 6.45) is 2.15. The highest BCUT2D eigenvalue weighted by Crippen LogP contribution is 2.33. The number of nitrogens with zero attached hydrogens (tertiary/aromatic N) is 1. The van der Waals surface area contributed by atoms with Crippen molar-refractivity contribution in [2.24, 2.45) is 0 Å². The van der Waals surface area contributed by atoms with Gasteiger partial charge in [0.1, 0.15) is 5.69 Å². The average Bonchev–Trinajstić information content (AvgIpc) is 3.29. The molecule has 1 aliphatic rings. The zero-order valence-corrected chi connectivity index (χ0v) is 15.0. The Morgan fingerprint density at radius 3 is 2.96 bits per heavy atom. The molecule has 130 valence electrons. The Hall–Kier alpha value is -2.18. The molecule has 0 aliphatic carbocycles. The van der Waals surface area contributed by atoms with Gasteiger partial charge in [0, 0.05) is 47.7 Å². The summed E-state index contributed by atoms with van der Waals surface area (Å²) in [5.74, 6) is 0.420. The lowest BCUT2D eigenvalue weighted by Gasteiger charge is -2.21. The van der Waals surface area contributed by atoms with Crippen LogP contribution in [0.1, 0.15) is 46.1 Å². The predicted molar refractivity (Wildman–Crippen MR) is 99.1 cm³/mol. The summed E-state index contributed by atoms with van der Waals surface area (Å²) in [6.45, 7) is 4.37. The highest BCUT2D eigenvalue weighted by Gasteiger charge is 2.20. The number of benzene rings is 1. The van der Waals surface area contributed by atoms with Gasteiger partial charge in [0.15, 0.2) is 0 Å². The molecule has 0 unspecified atom stereocenters. The minimum Gasteiger partial charge on any atom is -0.381 e. The summed E-state index contributed by atoms with van der Waals surface area (Å²) in [6, 6.07) is 8.08. The van der Waals surface area contributed by atoms with E-state index >= 15 is 0 Å². The van der Waals surface area contributed by atoms with Crippen molar-refractivity contribution >= 4 is 28.3 Å². The minimum absolute atomic E-state index is 0.130. The van der Waals surface area contributed by atoms with Crippen LogP contribution in [-0.2, 0) is 11.3 Å². The first kappa shape index (κ1) is 16.3. The number of aromatic amines is 1. The molecule has 1 fully saturated rings. The van der Waals surface area contributed by atoms with Gasteiger partial charge in [-0.15, -0.1) is 0 Å². The molecule has 3 heterocycles. The molecule has 1 aliphatic heterocycles. The van der Waals surface area contributed by atoms with Crippen LogP contribution in [0.4, 0.5) is 0 Å². The van der Waals surface area contributed by atoms with Crippen molar-refractivity contribution in [3.8, 4) is 0 Å². The molecule has 2 aromatic heterocycles. The van der Waals surface area contributed by atoms with E-state index in [9.17, 15) is 4.79 Å². The van der Waals surface area contributed by atoms with Crippen LogP contribution < -0.4 is 5.32 Å². The Morgan fingerprint density at radius 2 is 2.20 bits per heavy atom. The maximum absolute atomic E-state index is 12.0. The molecular weight excluding hydrogens is 334 g/mol. The highest BCUT2D eigenvalue weighted by atomic mass is 32.1. The third-order valence-electron chi connectivity index (χ3n) is 4.91. The molecule has 4 rings (SSSR count). The average molecular weight is 355 g/mol. The standard InChI is InChI=1S/C19H21N3O2S/c1-12-15-10-13(11-20-19(23)17-6-9-25-22-17)2-3-16(15)21-18(12)14-4-7-24-8-5-14/h2-3,6,9-10,14,21H,4-5,7-8,11H2,1H3,(H,20,23). The summed E-state index contributed by atoms with van der Waals surface area (Å²) in [7, 11) is 0. The van der Waals surface area contributed by atoms with E-state index in [0.717, 1.165) is 37.1 Å². The number of aryl methyl sites for hydroxylation is 1. The lowest BCUT2D eigenvalue weighted by atomic mass is 9.93. The summed E-state index contributed by atoms with van der Waals surface area (Å²) < 4.78 is 9.54. The molecule has 0 saturated carbocycles. The van der Waals surface area contributed by atoms with E-state index in [1.165, 1.54) is 28.2 Å². The maximum Gasteiger partial charge on any atom is 0.271 e. The largest absolute Gasteiger partial charge is 0.381 e. The van der Waals surface area contributed by atoms with Crippen LogP contribution in [0.15, 0.2) is 29.6 Å². The zero-order valence-electron chi connectivity index (χ0n) is 14.2. The Balaban J connectivity index is 1.53. The van der Waals surface area contributed by atoms with Crippen molar-refractivity contribution < 1.29 is 9.53 Å². The maximum atomic E-state index is 12.0. The van der Waals surface area contributed by atoms with Crippen LogP contribution in [0.25, 0.3) is 10.9 Å². The van der Waals surface area contributed by atoms with Gasteiger partial charge in [-0.1, -0.05) is 6.07 Å². The number of aromatic nitrogens is 2. The molecule has 0 atom stereocenters. The first-order valence-electron chi connectivity index (χ1n) is 8.60. The molecule has 2 N–H and O–H groups in total. The molecule has 1 amide bonds. The third kappa shape index (κ3) is 3.32. The number of carbonyl (C=O) groups excluding carboxylic acids is 1. The normalized spacial score (nSPS) is 15.6. The number of fused-ring (bicyclic) bond motifs is 1. The van der Waals surface area contributed by atoms with E-state index in [-0.39, 0.29) is 5.91 Å². The Labute approximate surface area is 150 Å². The quantitative estimate of drug-likeness (QED) is 0.749. The van der Waals surface area contributed by atoms with E-state index in [1.54, 1.807) is 6.07 Å². The van der Waals surface area contributed by atoms with E-state index in [1.807, 2.05) is 5.38 Å². The lowest BCUT2D eigenvalue weighted by Crippen LogP contribution is -2.22. The Morgan fingerprint density at radius 1 is 1.36 bits per heavy atom. The first-order chi connectivity index (χ1) is 12.2. The molecule has 1 saturated heterocycles. The second-order valence-electron chi connectivity index (χ2n) is 6.50. The predicted octanol–water partition coefficient (Wildman–Crippen LogP) is 3.76. The molecule has 5 nitrogen and oxygen atoms in total. The first-order valence-corrected chi connectivity index (χ1v) is 9.43. The SMILES string of the molecule is Cc1c(C2CCOCC2)[nH]c2ccc(CNC(=O)c3ccsn3)cc12. The fraction of sp³-hybridized carbons (Fsp3) is 0.368. The van der Waals surface area contributed by atoms with E-state index in [0.29, 0.717) is 18.2 Å². The van der Waals surface area contributed by atoms with E-state index in [2.05, 4.69) is 39.8 Å². The number of amides is 1. The third-order valence-corrected chi connectivity index (χ3v) is 5.47. The lowest BCUT2D eigenvalue weighted by molar-refractivity contribution is 0.0845. The van der Waals surface area contributed by atoms with Crippen LogP contribution in [0.3, 0.4) is 0 Å². The summed E-state index contributed by atoms with van der Waals surface area (Å²) in [4.78, 5) is 15.6. The number of ether oxygens (including phenoxy) is 1. The highest BCUT2D eigenvalue weighted by molar-refractivity contribution is 7.03. The Bertz CT molecular complexity index is 880. The van der Waals surface area contributed by atoms with Gasteiger partial charge in [0.05, 0.1) is 0 Å². The van der Waals surface area contributed by atoms with Gasteiger partial charge in [-0.3, -0.25) is 4.79 Å². The second-order valence-corrected chi connectivity index (χ2v) is 7.16. The Kier molecular flexibility index (Phi) is 4.55. The van der Waals surface area contributed by atoms with Crippen molar-refractivity contribution in [3.63, 3.8) is 0 Å². The fourth-order valence-corrected chi connectivity index (χ4v) is 4.01. The topological polar surface area (TPSA) is 67.0 Å². The minimum atomic E-state index is -0.130. The van der Waals surface area contributed by atoms with Crippen LogP contribution >= 0.6 is 11.5 Å². The summed E-state index contributed by atoms with van der Waals surface area (Å²) >= 11 is 1.29. The molecule has 0 radical (unpaired) electrons. The summed E-state index contributed by atoms with van der Waals surface area (Å²) in [5.41, 5.74) is 5.38. The van der Waals surface area contributed by atoms with Crippen molar-refractivity contribution in [2.75, 3.05) is 13.2 Å². The van der Waals surface area contributed by atoms with Gasteiger partial charge in [0.25, 0.3) is 5.91 Å². The smallest absolute Gasteiger partial charge is 0.271 e. The number of H-pyrrole nitrogens is 1. The number of nitrogens with one attached hydrogen (secondary N) is 2. The molecular formula is C19H21N3O2S. The molecule has 0 spiro atoms. The van der Waals surface area contributed by atoms with Gasteiger partial charge in [-0.05, 0) is 60.6 Å². The molecule has 1 aromatic carbocycles. The fourth-order valence-electron chi connectivity index (χ4n) is 3.50. The van der Waals surface area contributed by atoms with Crippen LogP contribution in [0, 0.1) is 6.92 Å². The van der Waals surface area contributed by atoms with Crippen LogP contribution in [0.5, 0.6) is 0 Å². The molecule has 6 heteroatoms. The van der Waals surface area contributed by atoms with Crippen molar-refractivity contribution in [1.29, 1.82) is 0 Å². The number of rotatable bonds is 4. The van der Waals surface area contributed by atoms with Gasteiger partial charge in [-0.25, -0.2) is 0 Å². The van der Waals surface area contributed by atoms with Gasteiger partial charge in [-0.2, -0.15) is 4.37 Å². The van der Waals surface area contributed by atoms with Crippen molar-refractivity contribution in [1.82, 2.24) is 14.7 Å². The number of hydrogen-bond donors (Lipinski definition) is 2.